The molecule has 0 bridgehead atoms. The third kappa shape index (κ3) is 6860. The van der Waals surface area contributed by atoms with Gasteiger partial charge in [-0.1, -0.05) is 0 Å². The Labute approximate surface area is 38.0 Å². The highest BCUT2D eigenvalue weighted by atomic mass is 35.5. The van der Waals surface area contributed by atoms with Gasteiger partial charge >= 0.3 is 7.25 Å². The van der Waals surface area contributed by atoms with Gasteiger partial charge in [0.05, 0.1) is 0 Å². The van der Waals surface area contributed by atoms with E-state index in [1.165, 1.54) is 0 Å². The minimum atomic E-state index is -6.00. The van der Waals surface area contributed by atoms with Crippen molar-refractivity contribution in [2.75, 3.05) is 0 Å². The molecule has 6 heteroatoms. The predicted molar refractivity (Wildman–Crippen MR) is 17.4 cm³/mol. The summed E-state index contributed by atoms with van der Waals surface area (Å²) in [4.78, 5) is 0. The quantitative estimate of drug-likeness (QED) is 0.340. The highest BCUT2D eigenvalue weighted by Gasteiger charge is 2.20. The van der Waals surface area contributed by atoms with E-state index in [1.54, 1.807) is 0 Å². The standard InChI is InChI=1S/BF4.ClH/c2-1(3,4)5;/h;1H/q-1;. The monoisotopic (exact) mass is 123 g/mol. The van der Waals surface area contributed by atoms with Gasteiger partial charge in [-0.15, -0.1) is 12.4 Å². The number of hydrogen-bond acceptors (Lipinski definition) is 0. The Hall–Kier alpha value is 0.0749. The highest BCUT2D eigenvalue weighted by molar-refractivity contribution is 6.50. The van der Waals surface area contributed by atoms with Crippen LogP contribution in [0.5, 0.6) is 0 Å². The van der Waals surface area contributed by atoms with Gasteiger partial charge in [0.2, 0.25) is 0 Å². The maximum atomic E-state index is 9.75. The Morgan fingerprint density at radius 3 is 0.833 bits per heavy atom. The van der Waals surface area contributed by atoms with Gasteiger partial charge in [0.15, 0.2) is 0 Å². The van der Waals surface area contributed by atoms with Gasteiger partial charge in [0.25, 0.3) is 0 Å². The molecule has 0 saturated carbocycles. The molecule has 0 atom stereocenters. The first kappa shape index (κ1) is 9.42. The molecular weight excluding hydrogens is 122 g/mol. The minimum absolute atomic E-state index is 0. The number of rotatable bonds is 0. The molecule has 6 heavy (non-hydrogen) atoms. The summed E-state index contributed by atoms with van der Waals surface area (Å²) in [6.45, 7) is 0. The fourth-order valence-corrected chi connectivity index (χ4v) is 0. The van der Waals surface area contributed by atoms with Gasteiger partial charge in [-0.05, 0) is 0 Å². The van der Waals surface area contributed by atoms with E-state index in [9.17, 15) is 17.3 Å². The average molecular weight is 123 g/mol. The first-order valence-electron chi connectivity index (χ1n) is 0.873. The van der Waals surface area contributed by atoms with Crippen LogP contribution >= 0.6 is 12.4 Å². The van der Waals surface area contributed by atoms with E-state index in [1.807, 2.05) is 0 Å². The topological polar surface area (TPSA) is 0 Å². The lowest BCUT2D eigenvalue weighted by atomic mass is 10.3. The lowest BCUT2D eigenvalue weighted by Gasteiger charge is -1.94. The van der Waals surface area contributed by atoms with Gasteiger partial charge in [0.1, 0.15) is 0 Å². The second kappa shape index (κ2) is 2.28. The molecular formula is HBClF4-. The molecule has 0 aliphatic rings. The molecule has 0 unspecified atom stereocenters. The molecule has 0 amide bonds. The Balaban J connectivity index is 0. The van der Waals surface area contributed by atoms with Crippen LogP contribution in [0.15, 0.2) is 0 Å². The molecule has 40 valence electrons. The van der Waals surface area contributed by atoms with E-state index in [2.05, 4.69) is 0 Å². The van der Waals surface area contributed by atoms with Crippen LogP contribution in [0.1, 0.15) is 0 Å². The minimum Gasteiger partial charge on any atom is -0.418 e. The molecule has 0 spiro atoms. The van der Waals surface area contributed by atoms with Crippen molar-refractivity contribution in [3.63, 3.8) is 0 Å². The van der Waals surface area contributed by atoms with Gasteiger partial charge in [-0.25, -0.2) is 0 Å². The van der Waals surface area contributed by atoms with Crippen LogP contribution in [0.4, 0.5) is 17.3 Å². The second-order valence-electron chi connectivity index (χ2n) is 0.495. The van der Waals surface area contributed by atoms with Gasteiger partial charge in [0, 0.05) is 0 Å². The molecule has 0 aliphatic heterocycles. The Kier molecular flexibility index (Phi) is 3.59. The molecule has 0 fully saturated rings. The van der Waals surface area contributed by atoms with Crippen LogP contribution in [-0.2, 0) is 0 Å². The van der Waals surface area contributed by atoms with E-state index in [-0.39, 0.29) is 12.4 Å². The molecule has 0 aliphatic carbocycles. The van der Waals surface area contributed by atoms with Gasteiger partial charge in [-0.2, -0.15) is 0 Å². The van der Waals surface area contributed by atoms with Crippen molar-refractivity contribution in [2.45, 2.75) is 0 Å². The molecule has 0 N–H and O–H groups in total. The lowest BCUT2D eigenvalue weighted by Crippen LogP contribution is -2.02. The van der Waals surface area contributed by atoms with Crippen LogP contribution in [0, 0.1) is 0 Å². The average Bonchev–Trinajstić information content (AvgIpc) is 0.722. The molecule has 0 rings (SSSR count). The summed E-state index contributed by atoms with van der Waals surface area (Å²) in [6.07, 6.45) is 0. The van der Waals surface area contributed by atoms with Crippen molar-refractivity contribution in [2.24, 2.45) is 0 Å². The zero-order valence-corrected chi connectivity index (χ0v) is 3.31. The van der Waals surface area contributed by atoms with E-state index in [0.717, 1.165) is 0 Å². The molecule has 0 aromatic heterocycles. The fourth-order valence-electron chi connectivity index (χ4n) is 0. The van der Waals surface area contributed by atoms with E-state index >= 15 is 0 Å². The Morgan fingerprint density at radius 1 is 0.833 bits per heavy atom. The normalized spacial score (nSPS) is 10.0. The van der Waals surface area contributed by atoms with E-state index < -0.39 is 7.25 Å². The van der Waals surface area contributed by atoms with Crippen molar-refractivity contribution in [3.8, 4) is 0 Å². The summed E-state index contributed by atoms with van der Waals surface area (Å²) in [5, 5.41) is 0. The van der Waals surface area contributed by atoms with Crippen LogP contribution < -0.4 is 0 Å². The zero-order valence-electron chi connectivity index (χ0n) is 2.50. The third-order valence-corrected chi connectivity index (χ3v) is 0. The summed E-state index contributed by atoms with van der Waals surface area (Å²) < 4.78 is 39.0. The fraction of sp³-hybridized carbons (Fsp3) is 0. The first-order chi connectivity index (χ1) is 2.00. The maximum absolute atomic E-state index is 9.75. The maximum Gasteiger partial charge on any atom is 0.673 e. The second-order valence-corrected chi connectivity index (χ2v) is 0.495. The van der Waals surface area contributed by atoms with Crippen LogP contribution in [0.25, 0.3) is 0 Å². The summed E-state index contributed by atoms with van der Waals surface area (Å²) in [6, 6.07) is 0. The van der Waals surface area contributed by atoms with Crippen LogP contribution in [0.3, 0.4) is 0 Å². The van der Waals surface area contributed by atoms with Gasteiger partial charge < -0.3 is 17.3 Å². The lowest BCUT2D eigenvalue weighted by molar-refractivity contribution is 0.368. The van der Waals surface area contributed by atoms with Crippen molar-refractivity contribution in [1.82, 2.24) is 0 Å². The Bertz CT molecular complexity index is 23.0. The van der Waals surface area contributed by atoms with E-state index in [0.29, 0.717) is 0 Å². The third-order valence-electron chi connectivity index (χ3n) is 0. The first-order valence-corrected chi connectivity index (χ1v) is 0.873. The number of halogens is 5. The van der Waals surface area contributed by atoms with Crippen molar-refractivity contribution >= 4 is 19.7 Å². The summed E-state index contributed by atoms with van der Waals surface area (Å²) in [5.74, 6) is 0. The van der Waals surface area contributed by atoms with Crippen molar-refractivity contribution in [3.05, 3.63) is 0 Å². The Morgan fingerprint density at radius 2 is 0.833 bits per heavy atom. The molecule has 0 nitrogen and oxygen atoms in total. The molecule has 0 radical (unpaired) electrons. The van der Waals surface area contributed by atoms with Crippen LogP contribution in [0.2, 0.25) is 0 Å². The summed E-state index contributed by atoms with van der Waals surface area (Å²) in [7, 11) is -6.00. The SMILES string of the molecule is Cl.F[B-](F)(F)F. The zero-order chi connectivity index (χ0) is 4.50. The molecule has 0 aromatic carbocycles. The van der Waals surface area contributed by atoms with Crippen molar-refractivity contribution < 1.29 is 17.3 Å². The molecule has 0 saturated heterocycles. The predicted octanol–water partition coefficient (Wildman–Crippen LogP) is 1.72. The van der Waals surface area contributed by atoms with Crippen LogP contribution in [-0.4, -0.2) is 7.25 Å². The largest absolute Gasteiger partial charge is 0.673 e. The highest BCUT2D eigenvalue weighted by Crippen LogP contribution is 2.06. The van der Waals surface area contributed by atoms with Gasteiger partial charge in [-0.3, -0.25) is 0 Å². The number of hydrogen-bond donors (Lipinski definition) is 0. The molecule has 0 aromatic rings. The smallest absolute Gasteiger partial charge is 0.418 e. The van der Waals surface area contributed by atoms with Crippen molar-refractivity contribution in [1.29, 1.82) is 0 Å². The summed E-state index contributed by atoms with van der Waals surface area (Å²) in [5.41, 5.74) is 0. The summed E-state index contributed by atoms with van der Waals surface area (Å²) >= 11 is 0. The van der Waals surface area contributed by atoms with E-state index in [4.69, 9.17) is 0 Å². The molecule has 0 heterocycles.